The SMILES string of the molecule is CCCCCCCCCCCCCCCCCCCC/C=C/OCC(O)CO[C@@H]1[C@@H](O)[C@@H](O)[C@@H](CO)O[C@H]1O. The molecule has 5 N–H and O–H groups in total. The summed E-state index contributed by atoms with van der Waals surface area (Å²) in [5.74, 6) is 0. The molecule has 1 aliphatic rings. The molecule has 0 spiro atoms. The zero-order valence-electron chi connectivity index (χ0n) is 24.6. The highest BCUT2D eigenvalue weighted by molar-refractivity contribution is 4.89. The van der Waals surface area contributed by atoms with Gasteiger partial charge in [-0.05, 0) is 18.9 Å². The Morgan fingerprint density at radius 3 is 1.67 bits per heavy atom. The van der Waals surface area contributed by atoms with E-state index in [1.807, 2.05) is 6.08 Å². The Labute approximate surface area is 237 Å². The van der Waals surface area contributed by atoms with Gasteiger partial charge >= 0.3 is 0 Å². The summed E-state index contributed by atoms with van der Waals surface area (Å²) < 4.78 is 15.7. The van der Waals surface area contributed by atoms with Crippen molar-refractivity contribution in [1.29, 1.82) is 0 Å². The average molecular weight is 561 g/mol. The van der Waals surface area contributed by atoms with Crippen LogP contribution in [0.15, 0.2) is 12.3 Å². The summed E-state index contributed by atoms with van der Waals surface area (Å²) in [4.78, 5) is 0. The van der Waals surface area contributed by atoms with E-state index in [1.165, 1.54) is 109 Å². The second-order valence-electron chi connectivity index (χ2n) is 11.2. The summed E-state index contributed by atoms with van der Waals surface area (Å²) in [5.41, 5.74) is 0. The lowest BCUT2D eigenvalue weighted by Crippen LogP contribution is -2.59. The summed E-state index contributed by atoms with van der Waals surface area (Å²) in [5, 5.41) is 48.9. The highest BCUT2D eigenvalue weighted by Crippen LogP contribution is 2.22. The number of ether oxygens (including phenoxy) is 3. The molecule has 1 heterocycles. The third-order valence-electron chi connectivity index (χ3n) is 7.53. The van der Waals surface area contributed by atoms with Gasteiger partial charge in [0.2, 0.25) is 0 Å². The Hall–Kier alpha value is -0.740. The van der Waals surface area contributed by atoms with Crippen molar-refractivity contribution in [3.63, 3.8) is 0 Å². The van der Waals surface area contributed by atoms with Crippen molar-refractivity contribution in [3.8, 4) is 0 Å². The van der Waals surface area contributed by atoms with Crippen LogP contribution < -0.4 is 0 Å². The fourth-order valence-electron chi connectivity index (χ4n) is 4.99. The van der Waals surface area contributed by atoms with E-state index in [1.54, 1.807) is 6.26 Å². The standard InChI is InChI=1S/C31H60O8/c1-2-3-4-5-6-7-8-9-10-11-12-13-14-15-16-17-18-19-20-21-22-37-24-26(33)25-38-30-29(35)28(34)27(23-32)39-31(30)36/h21-22,26-36H,2-20,23-25H2,1H3/b22-21+/t26?,27-,28+,29+,30-,31-/m1/s1. The maximum Gasteiger partial charge on any atom is 0.184 e. The van der Waals surface area contributed by atoms with Crippen LogP contribution >= 0.6 is 0 Å². The van der Waals surface area contributed by atoms with Crippen molar-refractivity contribution in [3.05, 3.63) is 12.3 Å². The van der Waals surface area contributed by atoms with Gasteiger partial charge in [0.1, 0.15) is 37.1 Å². The molecular formula is C31H60O8. The van der Waals surface area contributed by atoms with Crippen molar-refractivity contribution in [2.75, 3.05) is 19.8 Å². The molecule has 8 heteroatoms. The molecule has 0 aromatic carbocycles. The van der Waals surface area contributed by atoms with E-state index < -0.39 is 43.4 Å². The number of rotatable bonds is 26. The molecule has 0 amide bonds. The summed E-state index contributed by atoms with van der Waals surface area (Å²) in [7, 11) is 0. The minimum atomic E-state index is -1.51. The first-order valence-corrected chi connectivity index (χ1v) is 15.9. The van der Waals surface area contributed by atoms with Gasteiger partial charge in [0.05, 0.1) is 19.5 Å². The average Bonchev–Trinajstić information content (AvgIpc) is 2.93. The second-order valence-corrected chi connectivity index (χ2v) is 11.2. The van der Waals surface area contributed by atoms with Gasteiger partial charge in [0, 0.05) is 0 Å². The molecule has 0 radical (unpaired) electrons. The van der Waals surface area contributed by atoms with E-state index in [0.29, 0.717) is 0 Å². The van der Waals surface area contributed by atoms with Crippen LogP contribution in [0, 0.1) is 0 Å². The van der Waals surface area contributed by atoms with Crippen molar-refractivity contribution in [2.45, 2.75) is 166 Å². The first-order valence-electron chi connectivity index (χ1n) is 15.9. The highest BCUT2D eigenvalue weighted by Gasteiger charge is 2.44. The summed E-state index contributed by atoms with van der Waals surface area (Å²) in [6.07, 6.45) is 21.4. The van der Waals surface area contributed by atoms with Crippen LogP contribution in [0.5, 0.6) is 0 Å². The van der Waals surface area contributed by atoms with Crippen LogP contribution in [-0.2, 0) is 14.2 Å². The molecule has 1 fully saturated rings. The van der Waals surface area contributed by atoms with Crippen molar-refractivity contribution in [1.82, 2.24) is 0 Å². The Balaban J connectivity index is 1.85. The molecule has 8 nitrogen and oxygen atoms in total. The molecule has 0 aromatic rings. The lowest BCUT2D eigenvalue weighted by molar-refractivity contribution is -0.299. The topological polar surface area (TPSA) is 129 Å². The molecule has 0 bridgehead atoms. The summed E-state index contributed by atoms with van der Waals surface area (Å²) in [6, 6.07) is 0. The smallest absolute Gasteiger partial charge is 0.184 e. The predicted molar refractivity (Wildman–Crippen MR) is 154 cm³/mol. The van der Waals surface area contributed by atoms with Crippen LogP contribution in [0.25, 0.3) is 0 Å². The van der Waals surface area contributed by atoms with E-state index in [4.69, 9.17) is 19.3 Å². The van der Waals surface area contributed by atoms with Gasteiger partial charge in [-0.1, -0.05) is 116 Å². The maximum absolute atomic E-state index is 10.0. The van der Waals surface area contributed by atoms with E-state index in [2.05, 4.69) is 6.92 Å². The molecule has 39 heavy (non-hydrogen) atoms. The van der Waals surface area contributed by atoms with Crippen LogP contribution in [0.3, 0.4) is 0 Å². The van der Waals surface area contributed by atoms with Crippen LogP contribution in [0.1, 0.15) is 129 Å². The monoisotopic (exact) mass is 560 g/mol. The van der Waals surface area contributed by atoms with Gasteiger partial charge in [-0.3, -0.25) is 0 Å². The van der Waals surface area contributed by atoms with E-state index in [-0.39, 0.29) is 13.2 Å². The lowest BCUT2D eigenvalue weighted by Gasteiger charge is -2.39. The van der Waals surface area contributed by atoms with E-state index in [0.717, 1.165) is 12.8 Å². The third kappa shape index (κ3) is 18.3. The Kier molecular flexibility index (Phi) is 23.3. The first kappa shape index (κ1) is 36.3. The van der Waals surface area contributed by atoms with E-state index >= 15 is 0 Å². The van der Waals surface area contributed by atoms with Crippen LogP contribution in [-0.4, -0.2) is 82.2 Å². The molecule has 0 aromatic heterocycles. The zero-order chi connectivity index (χ0) is 28.6. The van der Waals surface area contributed by atoms with Crippen LogP contribution in [0.2, 0.25) is 0 Å². The summed E-state index contributed by atoms with van der Waals surface area (Å²) >= 11 is 0. The second kappa shape index (κ2) is 25.0. The molecule has 0 saturated carbocycles. The van der Waals surface area contributed by atoms with Crippen molar-refractivity contribution in [2.24, 2.45) is 0 Å². The molecule has 6 atom stereocenters. The Morgan fingerprint density at radius 2 is 1.18 bits per heavy atom. The number of hydrogen-bond donors (Lipinski definition) is 5. The number of hydrogen-bond acceptors (Lipinski definition) is 8. The predicted octanol–water partition coefficient (Wildman–Crippen LogP) is 5.13. The molecular weight excluding hydrogens is 500 g/mol. The quantitative estimate of drug-likeness (QED) is 0.0728. The van der Waals surface area contributed by atoms with Gasteiger partial charge in [0.15, 0.2) is 6.29 Å². The first-order chi connectivity index (χ1) is 19.0. The van der Waals surface area contributed by atoms with Crippen LogP contribution in [0.4, 0.5) is 0 Å². The molecule has 1 rings (SSSR count). The number of allylic oxidation sites excluding steroid dienone is 1. The third-order valence-corrected chi connectivity index (χ3v) is 7.53. The highest BCUT2D eigenvalue weighted by atomic mass is 16.7. The zero-order valence-corrected chi connectivity index (χ0v) is 24.6. The minimum Gasteiger partial charge on any atom is -0.499 e. The molecule has 0 aliphatic carbocycles. The maximum atomic E-state index is 10.0. The number of aliphatic hydroxyl groups excluding tert-OH is 5. The van der Waals surface area contributed by atoms with Crippen molar-refractivity contribution >= 4 is 0 Å². The fraction of sp³-hybridized carbons (Fsp3) is 0.935. The molecule has 1 unspecified atom stereocenters. The lowest BCUT2D eigenvalue weighted by atomic mass is 9.99. The molecule has 232 valence electrons. The van der Waals surface area contributed by atoms with Gasteiger partial charge in [-0.2, -0.15) is 0 Å². The van der Waals surface area contributed by atoms with Crippen molar-refractivity contribution < 1.29 is 39.7 Å². The number of aliphatic hydroxyl groups is 5. The van der Waals surface area contributed by atoms with Gasteiger partial charge in [0.25, 0.3) is 0 Å². The summed E-state index contributed by atoms with van der Waals surface area (Å²) in [6.45, 7) is 1.55. The van der Waals surface area contributed by atoms with Gasteiger partial charge in [-0.15, -0.1) is 0 Å². The van der Waals surface area contributed by atoms with Gasteiger partial charge < -0.3 is 39.7 Å². The normalized spacial score (nSPS) is 24.4. The minimum absolute atomic E-state index is 0.0111. The Bertz CT molecular complexity index is 561. The Morgan fingerprint density at radius 1 is 0.692 bits per heavy atom. The van der Waals surface area contributed by atoms with E-state index in [9.17, 15) is 20.4 Å². The molecule has 1 saturated heterocycles. The largest absolute Gasteiger partial charge is 0.499 e. The number of unbranched alkanes of at least 4 members (excludes halogenated alkanes) is 18. The van der Waals surface area contributed by atoms with Gasteiger partial charge in [-0.25, -0.2) is 0 Å². The fourth-order valence-corrected chi connectivity index (χ4v) is 4.99. The molecule has 1 aliphatic heterocycles.